The highest BCUT2D eigenvalue weighted by atomic mass is 19.1. The van der Waals surface area contributed by atoms with Gasteiger partial charge < -0.3 is 5.32 Å². The summed E-state index contributed by atoms with van der Waals surface area (Å²) in [5.41, 5.74) is 0.372. The van der Waals surface area contributed by atoms with E-state index in [2.05, 4.69) is 15.3 Å². The van der Waals surface area contributed by atoms with E-state index >= 15 is 0 Å². The van der Waals surface area contributed by atoms with Crippen LogP contribution in [0, 0.1) is 15.9 Å². The summed E-state index contributed by atoms with van der Waals surface area (Å²) in [5, 5.41) is 13.4. The number of anilines is 1. The lowest BCUT2D eigenvalue weighted by Crippen LogP contribution is -1.97. The van der Waals surface area contributed by atoms with Gasteiger partial charge in [0.25, 0.3) is 0 Å². The zero-order valence-electron chi connectivity index (χ0n) is 9.42. The Morgan fingerprint density at radius 2 is 2.17 bits per heavy atom. The molecule has 0 aliphatic rings. The molecule has 1 aromatic carbocycles. The summed E-state index contributed by atoms with van der Waals surface area (Å²) >= 11 is 0. The topological polar surface area (TPSA) is 81.0 Å². The van der Waals surface area contributed by atoms with Gasteiger partial charge in [0.1, 0.15) is 0 Å². The molecular formula is C11H9FN4O2. The third kappa shape index (κ3) is 2.24. The van der Waals surface area contributed by atoms with Gasteiger partial charge in [-0.05, 0) is 18.2 Å². The Morgan fingerprint density at radius 1 is 1.39 bits per heavy atom. The third-order valence-electron chi connectivity index (χ3n) is 2.32. The molecule has 1 N–H and O–H groups in total. The number of benzene rings is 1. The van der Waals surface area contributed by atoms with Crippen LogP contribution in [0.15, 0.2) is 30.5 Å². The fourth-order valence-electron chi connectivity index (χ4n) is 1.45. The molecule has 0 atom stereocenters. The summed E-state index contributed by atoms with van der Waals surface area (Å²) in [6.07, 6.45) is 1.52. The van der Waals surface area contributed by atoms with Crippen LogP contribution < -0.4 is 5.32 Å². The molecule has 0 spiro atoms. The second-order valence-corrected chi connectivity index (χ2v) is 3.44. The minimum Gasteiger partial charge on any atom is -0.357 e. The Bertz CT molecular complexity index is 603. The van der Waals surface area contributed by atoms with Crippen molar-refractivity contribution in [3.8, 4) is 11.3 Å². The summed E-state index contributed by atoms with van der Waals surface area (Å²) in [7, 11) is 1.66. The van der Waals surface area contributed by atoms with Crippen LogP contribution in [0.25, 0.3) is 11.3 Å². The molecule has 0 amide bonds. The van der Waals surface area contributed by atoms with Crippen LogP contribution in [0.1, 0.15) is 0 Å². The number of rotatable bonds is 3. The first-order valence-corrected chi connectivity index (χ1v) is 5.07. The van der Waals surface area contributed by atoms with E-state index in [4.69, 9.17) is 0 Å². The lowest BCUT2D eigenvalue weighted by molar-refractivity contribution is -0.387. The van der Waals surface area contributed by atoms with E-state index in [0.29, 0.717) is 17.2 Å². The van der Waals surface area contributed by atoms with Crippen molar-refractivity contribution in [2.24, 2.45) is 0 Å². The van der Waals surface area contributed by atoms with E-state index in [1.807, 2.05) is 0 Å². The Balaban J connectivity index is 2.50. The Kier molecular flexibility index (Phi) is 3.13. The standard InChI is InChI=1S/C11H9FN4O2/c1-13-11-14-5-4-9(15-11)7-2-3-8(12)10(6-7)16(17)18/h2-6H,1H3,(H,13,14,15). The number of nitro benzene ring substituents is 1. The van der Waals surface area contributed by atoms with Gasteiger partial charge in [-0.3, -0.25) is 10.1 Å². The molecule has 0 saturated heterocycles. The van der Waals surface area contributed by atoms with Crippen LogP contribution in [0.2, 0.25) is 0 Å². The minimum absolute atomic E-state index is 0.388. The molecule has 0 saturated carbocycles. The van der Waals surface area contributed by atoms with Crippen molar-refractivity contribution >= 4 is 11.6 Å². The largest absolute Gasteiger partial charge is 0.357 e. The highest BCUT2D eigenvalue weighted by Gasteiger charge is 2.15. The van der Waals surface area contributed by atoms with Crippen LogP contribution in [-0.4, -0.2) is 21.9 Å². The van der Waals surface area contributed by atoms with E-state index in [0.717, 1.165) is 12.1 Å². The first-order valence-electron chi connectivity index (χ1n) is 5.07. The molecule has 0 bridgehead atoms. The van der Waals surface area contributed by atoms with Crippen LogP contribution in [-0.2, 0) is 0 Å². The van der Waals surface area contributed by atoms with Crippen LogP contribution in [0.5, 0.6) is 0 Å². The summed E-state index contributed by atoms with van der Waals surface area (Å²) in [6, 6.07) is 5.23. The van der Waals surface area contributed by atoms with Crippen molar-refractivity contribution in [3.05, 3.63) is 46.4 Å². The molecule has 0 fully saturated rings. The van der Waals surface area contributed by atoms with Gasteiger partial charge in [-0.1, -0.05) is 0 Å². The molecule has 0 aliphatic heterocycles. The van der Waals surface area contributed by atoms with Gasteiger partial charge in [0.15, 0.2) is 0 Å². The highest BCUT2D eigenvalue weighted by Crippen LogP contribution is 2.25. The van der Waals surface area contributed by atoms with Gasteiger partial charge in [-0.2, -0.15) is 4.39 Å². The van der Waals surface area contributed by atoms with Crippen LogP contribution in [0.3, 0.4) is 0 Å². The van der Waals surface area contributed by atoms with Crippen molar-refractivity contribution in [2.45, 2.75) is 0 Å². The maximum Gasteiger partial charge on any atom is 0.305 e. The predicted molar refractivity (Wildman–Crippen MR) is 63.6 cm³/mol. The quantitative estimate of drug-likeness (QED) is 0.665. The smallest absolute Gasteiger partial charge is 0.305 e. The molecule has 7 heteroatoms. The average molecular weight is 248 g/mol. The number of nitro groups is 1. The molecule has 0 unspecified atom stereocenters. The molecule has 6 nitrogen and oxygen atoms in total. The lowest BCUT2D eigenvalue weighted by Gasteiger charge is -2.03. The number of hydrogen-bond donors (Lipinski definition) is 1. The number of halogens is 1. The number of nitrogens with one attached hydrogen (secondary N) is 1. The minimum atomic E-state index is -0.869. The lowest BCUT2D eigenvalue weighted by atomic mass is 10.1. The zero-order valence-corrected chi connectivity index (χ0v) is 9.42. The van der Waals surface area contributed by atoms with Gasteiger partial charge in [0, 0.05) is 24.9 Å². The average Bonchev–Trinajstić information content (AvgIpc) is 2.39. The molecule has 92 valence electrons. The van der Waals surface area contributed by atoms with Gasteiger partial charge >= 0.3 is 5.69 Å². The summed E-state index contributed by atoms with van der Waals surface area (Å²) in [6.45, 7) is 0. The van der Waals surface area contributed by atoms with Crippen molar-refractivity contribution in [2.75, 3.05) is 12.4 Å². The fraction of sp³-hybridized carbons (Fsp3) is 0.0909. The van der Waals surface area contributed by atoms with E-state index in [9.17, 15) is 14.5 Å². The van der Waals surface area contributed by atoms with Crippen LogP contribution in [0.4, 0.5) is 16.0 Å². The third-order valence-corrected chi connectivity index (χ3v) is 2.32. The van der Waals surface area contributed by atoms with Crippen molar-refractivity contribution < 1.29 is 9.31 Å². The van der Waals surface area contributed by atoms with Crippen molar-refractivity contribution in [1.29, 1.82) is 0 Å². The molecule has 2 aromatic rings. The predicted octanol–water partition coefficient (Wildman–Crippen LogP) is 2.23. The van der Waals surface area contributed by atoms with Crippen molar-refractivity contribution in [1.82, 2.24) is 9.97 Å². The molecule has 1 aromatic heterocycles. The Morgan fingerprint density at radius 3 is 2.83 bits per heavy atom. The number of aromatic nitrogens is 2. The molecule has 0 radical (unpaired) electrons. The maximum absolute atomic E-state index is 13.2. The Hall–Kier alpha value is -2.57. The first-order chi connectivity index (χ1) is 8.61. The van der Waals surface area contributed by atoms with E-state index < -0.39 is 16.4 Å². The fourth-order valence-corrected chi connectivity index (χ4v) is 1.45. The molecule has 18 heavy (non-hydrogen) atoms. The molecule has 0 aliphatic carbocycles. The highest BCUT2D eigenvalue weighted by molar-refractivity contribution is 5.63. The summed E-state index contributed by atoms with van der Waals surface area (Å²) < 4.78 is 13.2. The monoisotopic (exact) mass is 248 g/mol. The number of nitrogens with zero attached hydrogens (tertiary/aromatic N) is 3. The maximum atomic E-state index is 13.2. The Labute approximate surface area is 102 Å². The molecule has 2 rings (SSSR count). The normalized spacial score (nSPS) is 10.1. The SMILES string of the molecule is CNc1nccc(-c2ccc(F)c([N+](=O)[O-])c2)n1. The van der Waals surface area contributed by atoms with E-state index in [1.54, 1.807) is 13.1 Å². The van der Waals surface area contributed by atoms with Crippen molar-refractivity contribution in [3.63, 3.8) is 0 Å². The van der Waals surface area contributed by atoms with Gasteiger partial charge in [-0.25, -0.2) is 9.97 Å². The van der Waals surface area contributed by atoms with Crippen LogP contribution >= 0.6 is 0 Å². The van der Waals surface area contributed by atoms with Gasteiger partial charge in [0.2, 0.25) is 11.8 Å². The first kappa shape index (κ1) is 11.9. The number of hydrogen-bond acceptors (Lipinski definition) is 5. The van der Waals surface area contributed by atoms with Gasteiger partial charge in [0.05, 0.1) is 10.6 Å². The molecule has 1 heterocycles. The second kappa shape index (κ2) is 4.74. The summed E-state index contributed by atoms with van der Waals surface area (Å²) in [5.74, 6) is -0.480. The zero-order chi connectivity index (χ0) is 13.1. The second-order valence-electron chi connectivity index (χ2n) is 3.44. The van der Waals surface area contributed by atoms with Gasteiger partial charge in [-0.15, -0.1) is 0 Å². The van der Waals surface area contributed by atoms with E-state index in [1.165, 1.54) is 12.3 Å². The molecular weight excluding hydrogens is 239 g/mol. The van der Waals surface area contributed by atoms with E-state index in [-0.39, 0.29) is 0 Å². The summed E-state index contributed by atoms with van der Waals surface area (Å²) in [4.78, 5) is 17.9.